The number of aryl methyl sites for hydroxylation is 2. The van der Waals surface area contributed by atoms with Gasteiger partial charge in [-0.25, -0.2) is 0 Å². The monoisotopic (exact) mass is 223 g/mol. The van der Waals surface area contributed by atoms with E-state index >= 15 is 0 Å². The van der Waals surface area contributed by atoms with E-state index in [0.29, 0.717) is 13.2 Å². The lowest BCUT2D eigenvalue weighted by atomic mass is 10.0. The Morgan fingerprint density at radius 2 is 1.75 bits per heavy atom. The summed E-state index contributed by atoms with van der Waals surface area (Å²) < 4.78 is 10.7. The van der Waals surface area contributed by atoms with Gasteiger partial charge in [-0.2, -0.15) is 0 Å². The molecule has 0 spiro atoms. The Balaban J connectivity index is 2.80. The highest BCUT2D eigenvalue weighted by Crippen LogP contribution is 2.24. The first-order valence-corrected chi connectivity index (χ1v) is 5.61. The molecule has 0 aliphatic carbocycles. The first-order valence-electron chi connectivity index (χ1n) is 5.61. The van der Waals surface area contributed by atoms with E-state index in [2.05, 4.69) is 26.0 Å². The van der Waals surface area contributed by atoms with Crippen molar-refractivity contribution in [3.63, 3.8) is 0 Å². The normalized spacial score (nSPS) is 10.5. The summed E-state index contributed by atoms with van der Waals surface area (Å²) in [6, 6.07) is 4.30. The second-order valence-electron chi connectivity index (χ2n) is 3.94. The highest BCUT2D eigenvalue weighted by molar-refractivity contribution is 5.43. The van der Waals surface area contributed by atoms with E-state index in [1.54, 1.807) is 7.11 Å². The van der Waals surface area contributed by atoms with E-state index in [9.17, 15) is 0 Å². The fourth-order valence-corrected chi connectivity index (χ4v) is 1.79. The molecule has 0 bridgehead atoms. The van der Waals surface area contributed by atoms with Crippen molar-refractivity contribution in [2.75, 3.05) is 26.9 Å². The van der Waals surface area contributed by atoms with Crippen molar-refractivity contribution in [3.8, 4) is 5.75 Å². The van der Waals surface area contributed by atoms with Gasteiger partial charge in [-0.1, -0.05) is 12.1 Å². The van der Waals surface area contributed by atoms with Crippen LogP contribution in [0.15, 0.2) is 12.1 Å². The Hall–Kier alpha value is -1.06. The third-order valence-corrected chi connectivity index (χ3v) is 2.48. The molecule has 0 fully saturated rings. The van der Waals surface area contributed by atoms with Gasteiger partial charge in [0.15, 0.2) is 0 Å². The molecule has 0 radical (unpaired) electrons. The predicted molar refractivity (Wildman–Crippen MR) is 66.0 cm³/mol. The van der Waals surface area contributed by atoms with E-state index < -0.39 is 0 Å². The molecule has 1 aromatic carbocycles. The first-order chi connectivity index (χ1) is 7.69. The molecule has 3 heteroatoms. The van der Waals surface area contributed by atoms with E-state index in [-0.39, 0.29) is 0 Å². The van der Waals surface area contributed by atoms with Gasteiger partial charge >= 0.3 is 0 Å². The third kappa shape index (κ3) is 3.51. The fourth-order valence-electron chi connectivity index (χ4n) is 1.79. The van der Waals surface area contributed by atoms with Gasteiger partial charge in [-0.15, -0.1) is 0 Å². The summed E-state index contributed by atoms with van der Waals surface area (Å²) in [5.41, 5.74) is 9.05. The van der Waals surface area contributed by atoms with Crippen LogP contribution in [0.5, 0.6) is 5.75 Å². The van der Waals surface area contributed by atoms with Crippen molar-refractivity contribution in [1.82, 2.24) is 0 Å². The number of ether oxygens (including phenoxy) is 2. The van der Waals surface area contributed by atoms with Crippen LogP contribution in [-0.2, 0) is 11.2 Å². The molecule has 1 aromatic rings. The second kappa shape index (κ2) is 6.51. The zero-order valence-corrected chi connectivity index (χ0v) is 10.4. The highest BCUT2D eigenvalue weighted by atomic mass is 16.5. The van der Waals surface area contributed by atoms with E-state index in [0.717, 1.165) is 18.8 Å². The van der Waals surface area contributed by atoms with Crippen LogP contribution in [0, 0.1) is 13.8 Å². The lowest BCUT2D eigenvalue weighted by Crippen LogP contribution is -2.12. The van der Waals surface area contributed by atoms with Gasteiger partial charge in [0.05, 0.1) is 6.61 Å². The zero-order chi connectivity index (χ0) is 12.0. The Morgan fingerprint density at radius 1 is 1.12 bits per heavy atom. The fraction of sp³-hybridized carbons (Fsp3) is 0.538. The van der Waals surface area contributed by atoms with Crippen molar-refractivity contribution >= 4 is 0 Å². The summed E-state index contributed by atoms with van der Waals surface area (Å²) in [4.78, 5) is 0. The molecule has 2 N–H and O–H groups in total. The van der Waals surface area contributed by atoms with Crippen LogP contribution in [0.3, 0.4) is 0 Å². The quantitative estimate of drug-likeness (QED) is 0.800. The van der Waals surface area contributed by atoms with Gasteiger partial charge in [-0.05, 0) is 37.0 Å². The highest BCUT2D eigenvalue weighted by Gasteiger charge is 2.06. The maximum atomic E-state index is 5.62. The maximum Gasteiger partial charge on any atom is 0.125 e. The van der Waals surface area contributed by atoms with Crippen LogP contribution in [0.2, 0.25) is 0 Å². The van der Waals surface area contributed by atoms with Crippen LogP contribution in [0.1, 0.15) is 16.7 Å². The SMILES string of the molecule is COCCc1cc(C)c(OCCN)c(C)c1. The van der Waals surface area contributed by atoms with Crippen LogP contribution >= 0.6 is 0 Å². The Morgan fingerprint density at radius 3 is 2.25 bits per heavy atom. The minimum absolute atomic E-state index is 0.546. The van der Waals surface area contributed by atoms with Crippen molar-refractivity contribution in [2.24, 2.45) is 5.73 Å². The predicted octanol–water partition coefficient (Wildman–Crippen LogP) is 1.83. The van der Waals surface area contributed by atoms with Crippen molar-refractivity contribution in [3.05, 3.63) is 28.8 Å². The van der Waals surface area contributed by atoms with Gasteiger partial charge in [0, 0.05) is 13.7 Å². The average molecular weight is 223 g/mol. The molecule has 90 valence electrons. The van der Waals surface area contributed by atoms with Gasteiger partial charge in [0.1, 0.15) is 12.4 Å². The second-order valence-corrected chi connectivity index (χ2v) is 3.94. The summed E-state index contributed by atoms with van der Waals surface area (Å²) >= 11 is 0. The summed E-state index contributed by atoms with van der Waals surface area (Å²) in [6.45, 7) is 6.00. The molecule has 0 aliphatic rings. The molecule has 0 amide bonds. The number of rotatable bonds is 6. The standard InChI is InChI=1S/C13H21NO2/c1-10-8-12(4-6-15-3)9-11(2)13(10)16-7-5-14/h8-9H,4-7,14H2,1-3H3. The summed E-state index contributed by atoms with van der Waals surface area (Å²) in [5, 5.41) is 0. The molecule has 0 heterocycles. The van der Waals surface area contributed by atoms with Crippen molar-refractivity contribution in [2.45, 2.75) is 20.3 Å². The molecule has 0 aromatic heterocycles. The maximum absolute atomic E-state index is 5.62. The Kier molecular flexibility index (Phi) is 5.29. The smallest absolute Gasteiger partial charge is 0.125 e. The molecule has 16 heavy (non-hydrogen) atoms. The third-order valence-electron chi connectivity index (χ3n) is 2.48. The molecule has 0 atom stereocenters. The number of nitrogens with two attached hydrogens (primary N) is 1. The Bertz CT molecular complexity index is 314. The lowest BCUT2D eigenvalue weighted by Gasteiger charge is -2.13. The minimum Gasteiger partial charge on any atom is -0.492 e. The van der Waals surface area contributed by atoms with Gasteiger partial charge in [-0.3, -0.25) is 0 Å². The van der Waals surface area contributed by atoms with E-state index in [4.69, 9.17) is 15.2 Å². The van der Waals surface area contributed by atoms with Crippen LogP contribution in [0.4, 0.5) is 0 Å². The number of hydrogen-bond acceptors (Lipinski definition) is 3. The molecule has 0 saturated heterocycles. The summed E-state index contributed by atoms with van der Waals surface area (Å²) in [5.74, 6) is 0.964. The minimum atomic E-state index is 0.546. The number of hydrogen-bond donors (Lipinski definition) is 1. The van der Waals surface area contributed by atoms with Gasteiger partial charge in [0.2, 0.25) is 0 Å². The molecule has 1 rings (SSSR count). The Labute approximate surface area is 97.6 Å². The van der Waals surface area contributed by atoms with E-state index in [1.165, 1.54) is 16.7 Å². The molecule has 0 unspecified atom stereocenters. The molecule has 3 nitrogen and oxygen atoms in total. The van der Waals surface area contributed by atoms with Crippen LogP contribution in [-0.4, -0.2) is 26.9 Å². The van der Waals surface area contributed by atoms with Crippen LogP contribution in [0.25, 0.3) is 0 Å². The number of benzene rings is 1. The number of methoxy groups -OCH3 is 1. The average Bonchev–Trinajstić information content (AvgIpc) is 2.25. The molecule has 0 aliphatic heterocycles. The summed E-state index contributed by atoms with van der Waals surface area (Å²) in [6.07, 6.45) is 0.940. The molecule has 0 saturated carbocycles. The van der Waals surface area contributed by atoms with Crippen molar-refractivity contribution < 1.29 is 9.47 Å². The molecular weight excluding hydrogens is 202 g/mol. The first kappa shape index (κ1) is 13.0. The van der Waals surface area contributed by atoms with Gasteiger partial charge in [0.25, 0.3) is 0 Å². The summed E-state index contributed by atoms with van der Waals surface area (Å²) in [7, 11) is 1.72. The lowest BCUT2D eigenvalue weighted by molar-refractivity contribution is 0.202. The van der Waals surface area contributed by atoms with Gasteiger partial charge < -0.3 is 15.2 Å². The van der Waals surface area contributed by atoms with Crippen molar-refractivity contribution in [1.29, 1.82) is 0 Å². The largest absolute Gasteiger partial charge is 0.492 e. The molecular formula is C13H21NO2. The van der Waals surface area contributed by atoms with E-state index in [1.807, 2.05) is 0 Å². The topological polar surface area (TPSA) is 44.5 Å². The van der Waals surface area contributed by atoms with Crippen LogP contribution < -0.4 is 10.5 Å². The zero-order valence-electron chi connectivity index (χ0n) is 10.4.